The lowest BCUT2D eigenvalue weighted by Gasteiger charge is -2.12. The van der Waals surface area contributed by atoms with Gasteiger partial charge in [0.1, 0.15) is 0 Å². The first-order valence-corrected chi connectivity index (χ1v) is 7.47. The van der Waals surface area contributed by atoms with Gasteiger partial charge in [-0.1, -0.05) is 6.07 Å². The van der Waals surface area contributed by atoms with E-state index in [1.54, 1.807) is 20.4 Å². The van der Waals surface area contributed by atoms with Crippen LogP contribution in [0.4, 0.5) is 0 Å². The van der Waals surface area contributed by atoms with E-state index in [0.29, 0.717) is 19.0 Å². The van der Waals surface area contributed by atoms with Crippen LogP contribution in [0.25, 0.3) is 0 Å². The monoisotopic (exact) mass is 444 g/mol. The lowest BCUT2D eigenvalue weighted by atomic mass is 10.2. The predicted octanol–water partition coefficient (Wildman–Crippen LogP) is 1.92. The Bertz CT molecular complexity index is 681. The molecule has 0 amide bonds. The van der Waals surface area contributed by atoms with Crippen molar-refractivity contribution in [1.82, 2.24) is 25.4 Å². The smallest absolute Gasteiger partial charge is 0.212 e. The number of aliphatic imine (C=N–C) groups is 1. The average molecular weight is 444 g/mol. The fraction of sp³-hybridized carbons (Fsp3) is 0.438. The number of hydrogen-bond acceptors (Lipinski definition) is 4. The minimum absolute atomic E-state index is 0. The highest BCUT2D eigenvalue weighted by Gasteiger charge is 2.09. The van der Waals surface area contributed by atoms with Crippen LogP contribution in [0.3, 0.4) is 0 Å². The highest BCUT2D eigenvalue weighted by Crippen LogP contribution is 2.11. The molecule has 8 heteroatoms. The van der Waals surface area contributed by atoms with Crippen molar-refractivity contribution in [2.75, 3.05) is 14.2 Å². The SMILES string of the molecule is CN=C(NCc1ccc(OC)nc1)NCc1c(C)nn(C)c1C.I. The van der Waals surface area contributed by atoms with E-state index >= 15 is 0 Å². The molecule has 0 fully saturated rings. The Morgan fingerprint density at radius 1 is 1.25 bits per heavy atom. The van der Waals surface area contributed by atoms with Gasteiger partial charge in [-0.3, -0.25) is 9.67 Å². The van der Waals surface area contributed by atoms with Crippen LogP contribution >= 0.6 is 24.0 Å². The Hall–Kier alpha value is -1.84. The van der Waals surface area contributed by atoms with Gasteiger partial charge in [0.15, 0.2) is 5.96 Å². The number of pyridine rings is 1. The number of nitrogens with zero attached hydrogens (tertiary/aromatic N) is 4. The first kappa shape index (κ1) is 20.2. The van der Waals surface area contributed by atoms with E-state index in [4.69, 9.17) is 4.74 Å². The number of guanidine groups is 1. The van der Waals surface area contributed by atoms with Gasteiger partial charge in [-0.05, 0) is 19.4 Å². The summed E-state index contributed by atoms with van der Waals surface area (Å²) in [4.78, 5) is 8.43. The van der Waals surface area contributed by atoms with E-state index in [2.05, 4.69) is 32.6 Å². The fourth-order valence-corrected chi connectivity index (χ4v) is 2.29. The Balaban J connectivity index is 0.00000288. The van der Waals surface area contributed by atoms with Gasteiger partial charge in [0.2, 0.25) is 5.88 Å². The maximum atomic E-state index is 5.05. The van der Waals surface area contributed by atoms with E-state index in [1.165, 1.54) is 5.56 Å². The minimum atomic E-state index is 0. The molecular weight excluding hydrogens is 419 g/mol. The van der Waals surface area contributed by atoms with E-state index in [9.17, 15) is 0 Å². The van der Waals surface area contributed by atoms with Crippen LogP contribution < -0.4 is 15.4 Å². The van der Waals surface area contributed by atoms with E-state index in [1.807, 2.05) is 30.8 Å². The van der Waals surface area contributed by atoms with Crippen molar-refractivity contribution < 1.29 is 4.74 Å². The molecule has 0 atom stereocenters. The van der Waals surface area contributed by atoms with Crippen LogP contribution in [0.15, 0.2) is 23.3 Å². The summed E-state index contributed by atoms with van der Waals surface area (Å²) in [6.07, 6.45) is 1.79. The molecule has 0 saturated heterocycles. The molecule has 0 spiro atoms. The molecule has 0 unspecified atom stereocenters. The summed E-state index contributed by atoms with van der Waals surface area (Å²) < 4.78 is 6.95. The van der Waals surface area contributed by atoms with E-state index in [-0.39, 0.29) is 24.0 Å². The van der Waals surface area contributed by atoms with Gasteiger partial charge in [0, 0.05) is 50.7 Å². The second-order valence-electron chi connectivity index (χ2n) is 5.26. The third-order valence-electron chi connectivity index (χ3n) is 3.78. The van der Waals surface area contributed by atoms with Gasteiger partial charge in [0.25, 0.3) is 0 Å². The largest absolute Gasteiger partial charge is 0.481 e. The van der Waals surface area contributed by atoms with Crippen molar-refractivity contribution >= 4 is 29.9 Å². The first-order chi connectivity index (χ1) is 11.0. The van der Waals surface area contributed by atoms with Crippen LogP contribution in [-0.4, -0.2) is 34.9 Å². The zero-order chi connectivity index (χ0) is 16.8. The highest BCUT2D eigenvalue weighted by molar-refractivity contribution is 14.0. The Labute approximate surface area is 159 Å². The molecule has 0 bridgehead atoms. The van der Waals surface area contributed by atoms with Crippen molar-refractivity contribution in [3.8, 4) is 5.88 Å². The molecule has 2 N–H and O–H groups in total. The molecule has 0 aromatic carbocycles. The fourth-order valence-electron chi connectivity index (χ4n) is 2.29. The standard InChI is InChI=1S/C16H24N6O.HI/c1-11-14(12(2)22(4)21-11)10-20-16(17-3)19-9-13-6-7-15(23-5)18-8-13;/h6-8H,9-10H2,1-5H3,(H2,17,19,20);1H. The molecule has 2 aromatic heterocycles. The summed E-state index contributed by atoms with van der Waals surface area (Å²) in [6, 6.07) is 3.82. The first-order valence-electron chi connectivity index (χ1n) is 7.47. The summed E-state index contributed by atoms with van der Waals surface area (Å²) in [5, 5.41) is 11.0. The van der Waals surface area contributed by atoms with Crippen molar-refractivity contribution in [1.29, 1.82) is 0 Å². The molecule has 2 heterocycles. The van der Waals surface area contributed by atoms with Crippen LogP contribution in [0.5, 0.6) is 5.88 Å². The van der Waals surface area contributed by atoms with Crippen molar-refractivity contribution in [2.45, 2.75) is 26.9 Å². The molecule has 0 radical (unpaired) electrons. The number of ether oxygens (including phenoxy) is 1. The molecular formula is C16H25IN6O. The van der Waals surface area contributed by atoms with Gasteiger partial charge in [-0.25, -0.2) is 4.98 Å². The summed E-state index contributed by atoms with van der Waals surface area (Å²) in [6.45, 7) is 5.41. The van der Waals surface area contributed by atoms with Gasteiger partial charge >= 0.3 is 0 Å². The van der Waals surface area contributed by atoms with Crippen LogP contribution in [0, 0.1) is 13.8 Å². The number of aromatic nitrogens is 3. The minimum Gasteiger partial charge on any atom is -0.481 e. The van der Waals surface area contributed by atoms with Gasteiger partial charge in [-0.15, -0.1) is 24.0 Å². The number of rotatable bonds is 5. The summed E-state index contributed by atoms with van der Waals surface area (Å²) >= 11 is 0. The molecule has 0 aliphatic heterocycles. The number of aryl methyl sites for hydroxylation is 2. The van der Waals surface area contributed by atoms with Crippen LogP contribution in [0.1, 0.15) is 22.5 Å². The summed E-state index contributed by atoms with van der Waals surface area (Å²) in [5.74, 6) is 1.35. The normalized spacial score (nSPS) is 11.0. The van der Waals surface area contributed by atoms with E-state index < -0.39 is 0 Å². The molecule has 0 aliphatic carbocycles. The van der Waals surface area contributed by atoms with Crippen molar-refractivity contribution in [3.05, 3.63) is 40.8 Å². The quantitative estimate of drug-likeness (QED) is 0.419. The molecule has 2 rings (SSSR count). The number of hydrogen-bond donors (Lipinski definition) is 2. The maximum Gasteiger partial charge on any atom is 0.212 e. The lowest BCUT2D eigenvalue weighted by Crippen LogP contribution is -2.36. The zero-order valence-corrected chi connectivity index (χ0v) is 17.1. The molecule has 132 valence electrons. The Morgan fingerprint density at radius 3 is 2.46 bits per heavy atom. The maximum absolute atomic E-state index is 5.05. The molecule has 24 heavy (non-hydrogen) atoms. The van der Waals surface area contributed by atoms with Gasteiger partial charge in [-0.2, -0.15) is 5.10 Å². The van der Waals surface area contributed by atoms with Gasteiger partial charge in [0.05, 0.1) is 12.8 Å². The second-order valence-corrected chi connectivity index (χ2v) is 5.26. The van der Waals surface area contributed by atoms with E-state index in [0.717, 1.165) is 22.9 Å². The number of nitrogens with one attached hydrogen (secondary N) is 2. The van der Waals surface area contributed by atoms with Crippen molar-refractivity contribution in [2.24, 2.45) is 12.0 Å². The summed E-state index contributed by atoms with van der Waals surface area (Å²) in [7, 11) is 5.31. The lowest BCUT2D eigenvalue weighted by molar-refractivity contribution is 0.397. The number of methoxy groups -OCH3 is 1. The van der Waals surface area contributed by atoms with Crippen molar-refractivity contribution in [3.63, 3.8) is 0 Å². The van der Waals surface area contributed by atoms with Crippen LogP contribution in [0.2, 0.25) is 0 Å². The number of halogens is 1. The third kappa shape index (κ3) is 5.08. The third-order valence-corrected chi connectivity index (χ3v) is 3.78. The Kier molecular flexibility index (Phi) is 7.96. The highest BCUT2D eigenvalue weighted by atomic mass is 127. The molecule has 0 saturated carbocycles. The zero-order valence-electron chi connectivity index (χ0n) is 14.8. The Morgan fingerprint density at radius 2 is 1.96 bits per heavy atom. The van der Waals surface area contributed by atoms with Gasteiger partial charge < -0.3 is 15.4 Å². The summed E-state index contributed by atoms with van der Waals surface area (Å²) in [5.41, 5.74) is 4.45. The van der Waals surface area contributed by atoms with Crippen LogP contribution in [-0.2, 0) is 20.1 Å². The average Bonchev–Trinajstić information content (AvgIpc) is 2.81. The second kappa shape index (κ2) is 9.45. The predicted molar refractivity (Wildman–Crippen MR) is 106 cm³/mol. The molecule has 2 aromatic rings. The molecule has 0 aliphatic rings. The molecule has 7 nitrogen and oxygen atoms in total. The topological polar surface area (TPSA) is 76.4 Å².